The molecule has 3 aromatic rings. The minimum Gasteiger partial charge on any atom is -0.266 e. The van der Waals surface area contributed by atoms with Gasteiger partial charge in [0.25, 0.3) is 0 Å². The number of thiophene rings is 1. The maximum atomic E-state index is 9.02. The van der Waals surface area contributed by atoms with E-state index in [2.05, 4.69) is 16.3 Å². The first kappa shape index (κ1) is 13.1. The standard InChI is InChI=1S/C13H7ClN4S2/c14-9-4-3-8(7-15)6-10(9)18-12(16-17-13(18)19)11-2-1-5-20-11/h1-6H,(H,17,19). The van der Waals surface area contributed by atoms with Crippen molar-refractivity contribution in [2.75, 3.05) is 0 Å². The highest BCUT2D eigenvalue weighted by Crippen LogP contribution is 2.29. The fourth-order valence-electron chi connectivity index (χ4n) is 1.85. The number of halogens is 1. The predicted molar refractivity (Wildman–Crippen MR) is 81.8 cm³/mol. The Morgan fingerprint density at radius 2 is 2.25 bits per heavy atom. The third-order valence-corrected chi connectivity index (χ3v) is 4.19. The molecule has 0 aliphatic carbocycles. The van der Waals surface area contributed by atoms with E-state index >= 15 is 0 Å². The van der Waals surface area contributed by atoms with E-state index in [1.807, 2.05) is 17.5 Å². The van der Waals surface area contributed by atoms with Crippen molar-refractivity contribution in [2.45, 2.75) is 0 Å². The Labute approximate surface area is 128 Å². The lowest BCUT2D eigenvalue weighted by atomic mass is 10.2. The number of nitrogens with one attached hydrogen (secondary N) is 1. The molecule has 0 fully saturated rings. The van der Waals surface area contributed by atoms with E-state index in [-0.39, 0.29) is 0 Å². The van der Waals surface area contributed by atoms with Crippen molar-refractivity contribution in [1.82, 2.24) is 14.8 Å². The summed E-state index contributed by atoms with van der Waals surface area (Å²) >= 11 is 13.1. The minimum atomic E-state index is 0.436. The number of aromatic nitrogens is 3. The maximum absolute atomic E-state index is 9.02. The number of hydrogen-bond acceptors (Lipinski definition) is 4. The number of nitriles is 1. The van der Waals surface area contributed by atoms with Crippen LogP contribution in [0.15, 0.2) is 35.7 Å². The van der Waals surface area contributed by atoms with Gasteiger partial charge in [-0.05, 0) is 41.9 Å². The molecule has 0 amide bonds. The average Bonchev–Trinajstić information content (AvgIpc) is 3.09. The topological polar surface area (TPSA) is 57.4 Å². The van der Waals surface area contributed by atoms with E-state index in [9.17, 15) is 0 Å². The molecule has 2 aromatic heterocycles. The molecule has 0 bridgehead atoms. The van der Waals surface area contributed by atoms with Gasteiger partial charge in [-0.25, -0.2) is 0 Å². The molecule has 0 saturated carbocycles. The van der Waals surface area contributed by atoms with Crippen LogP contribution in [0.4, 0.5) is 0 Å². The van der Waals surface area contributed by atoms with Crippen LogP contribution in [-0.4, -0.2) is 14.8 Å². The normalized spacial score (nSPS) is 10.4. The molecule has 2 heterocycles. The summed E-state index contributed by atoms with van der Waals surface area (Å²) in [6.07, 6.45) is 0. The summed E-state index contributed by atoms with van der Waals surface area (Å²) < 4.78 is 2.18. The lowest BCUT2D eigenvalue weighted by molar-refractivity contribution is 1.04. The third-order valence-electron chi connectivity index (χ3n) is 2.73. The van der Waals surface area contributed by atoms with E-state index < -0.39 is 0 Å². The van der Waals surface area contributed by atoms with Gasteiger partial charge in [-0.1, -0.05) is 17.7 Å². The van der Waals surface area contributed by atoms with Crippen molar-refractivity contribution in [2.24, 2.45) is 0 Å². The van der Waals surface area contributed by atoms with Crippen LogP contribution in [-0.2, 0) is 0 Å². The van der Waals surface area contributed by atoms with Gasteiger partial charge in [-0.15, -0.1) is 11.3 Å². The maximum Gasteiger partial charge on any atom is 0.200 e. The van der Waals surface area contributed by atoms with Crippen molar-refractivity contribution < 1.29 is 0 Å². The molecule has 7 heteroatoms. The SMILES string of the molecule is N#Cc1ccc(Cl)c(-n2c(-c3cccs3)n[nH]c2=S)c1. The Hall–Kier alpha value is -1.94. The Balaban J connectivity index is 2.29. The van der Waals surface area contributed by atoms with Gasteiger partial charge < -0.3 is 0 Å². The monoisotopic (exact) mass is 318 g/mol. The predicted octanol–water partition coefficient (Wildman–Crippen LogP) is 4.18. The van der Waals surface area contributed by atoms with Gasteiger partial charge >= 0.3 is 0 Å². The Kier molecular flexibility index (Phi) is 3.40. The second kappa shape index (κ2) is 5.21. The van der Waals surface area contributed by atoms with Crippen LogP contribution < -0.4 is 0 Å². The lowest BCUT2D eigenvalue weighted by Gasteiger charge is -2.08. The summed E-state index contributed by atoms with van der Waals surface area (Å²) in [6, 6.07) is 11.0. The van der Waals surface area contributed by atoms with Crippen LogP contribution in [0.2, 0.25) is 5.02 Å². The fraction of sp³-hybridized carbons (Fsp3) is 0. The molecule has 20 heavy (non-hydrogen) atoms. The van der Waals surface area contributed by atoms with Crippen molar-refractivity contribution in [1.29, 1.82) is 5.26 Å². The molecular weight excluding hydrogens is 312 g/mol. The van der Waals surface area contributed by atoms with Crippen LogP contribution in [0.3, 0.4) is 0 Å². The number of benzene rings is 1. The molecule has 4 nitrogen and oxygen atoms in total. The van der Waals surface area contributed by atoms with Crippen molar-refractivity contribution in [3.63, 3.8) is 0 Å². The molecule has 0 aliphatic heterocycles. The first-order valence-corrected chi connectivity index (χ1v) is 7.28. The molecule has 98 valence electrons. The quantitative estimate of drug-likeness (QED) is 0.721. The molecule has 1 aromatic carbocycles. The van der Waals surface area contributed by atoms with Gasteiger partial charge in [0.1, 0.15) is 0 Å². The average molecular weight is 319 g/mol. The molecule has 0 atom stereocenters. The molecule has 0 unspecified atom stereocenters. The molecular formula is C13H7ClN4S2. The molecule has 1 N–H and O–H groups in total. The number of hydrogen-bond donors (Lipinski definition) is 1. The summed E-state index contributed by atoms with van der Waals surface area (Å²) in [5, 5.41) is 18.5. The molecule has 0 radical (unpaired) electrons. The van der Waals surface area contributed by atoms with E-state index in [0.717, 1.165) is 4.88 Å². The Bertz CT molecular complexity index is 855. The summed E-state index contributed by atoms with van der Waals surface area (Å²) in [5.41, 5.74) is 1.16. The minimum absolute atomic E-state index is 0.436. The highest BCUT2D eigenvalue weighted by molar-refractivity contribution is 7.71. The first-order chi connectivity index (χ1) is 9.70. The van der Waals surface area contributed by atoms with Crippen molar-refractivity contribution >= 4 is 35.2 Å². The number of H-pyrrole nitrogens is 1. The van der Waals surface area contributed by atoms with Crippen LogP contribution in [0.25, 0.3) is 16.4 Å². The zero-order valence-electron chi connectivity index (χ0n) is 10.0. The summed E-state index contributed by atoms with van der Waals surface area (Å²) in [6.45, 7) is 0. The number of nitrogens with zero attached hydrogens (tertiary/aromatic N) is 3. The van der Waals surface area contributed by atoms with E-state index in [1.165, 1.54) is 0 Å². The van der Waals surface area contributed by atoms with Crippen LogP contribution >= 0.6 is 35.2 Å². The third kappa shape index (κ3) is 2.16. The molecule has 0 saturated heterocycles. The fourth-order valence-corrected chi connectivity index (χ4v) is 2.98. The van der Waals surface area contributed by atoms with Gasteiger partial charge in [0.05, 0.1) is 27.2 Å². The highest BCUT2D eigenvalue weighted by atomic mass is 35.5. The zero-order valence-corrected chi connectivity index (χ0v) is 12.4. The zero-order chi connectivity index (χ0) is 14.1. The van der Waals surface area contributed by atoms with E-state index in [0.29, 0.717) is 26.9 Å². The lowest BCUT2D eigenvalue weighted by Crippen LogP contribution is -1.98. The second-order valence-corrected chi connectivity index (χ2v) is 5.68. The largest absolute Gasteiger partial charge is 0.266 e. The van der Waals surface area contributed by atoms with Crippen LogP contribution in [0.1, 0.15) is 5.56 Å². The van der Waals surface area contributed by atoms with Gasteiger partial charge in [0.15, 0.2) is 10.6 Å². The number of rotatable bonds is 2. The highest BCUT2D eigenvalue weighted by Gasteiger charge is 2.14. The van der Waals surface area contributed by atoms with E-state index in [1.54, 1.807) is 34.1 Å². The van der Waals surface area contributed by atoms with Gasteiger partial charge in [-0.2, -0.15) is 10.4 Å². The summed E-state index contributed by atoms with van der Waals surface area (Å²) in [7, 11) is 0. The first-order valence-electron chi connectivity index (χ1n) is 5.62. The number of aromatic amines is 1. The van der Waals surface area contributed by atoms with Crippen LogP contribution in [0.5, 0.6) is 0 Å². The van der Waals surface area contributed by atoms with Crippen molar-refractivity contribution in [3.8, 4) is 22.5 Å². The summed E-state index contributed by atoms with van der Waals surface area (Å²) in [4.78, 5) is 0.968. The van der Waals surface area contributed by atoms with Crippen molar-refractivity contribution in [3.05, 3.63) is 51.1 Å². The summed E-state index contributed by atoms with van der Waals surface area (Å²) in [5.74, 6) is 0.682. The van der Waals surface area contributed by atoms with Gasteiger partial charge in [-0.3, -0.25) is 9.67 Å². The van der Waals surface area contributed by atoms with Gasteiger partial charge in [0, 0.05) is 0 Å². The van der Waals surface area contributed by atoms with E-state index in [4.69, 9.17) is 29.1 Å². The smallest absolute Gasteiger partial charge is 0.200 e. The van der Waals surface area contributed by atoms with Gasteiger partial charge in [0.2, 0.25) is 0 Å². The molecule has 0 spiro atoms. The Morgan fingerprint density at radius 1 is 1.40 bits per heavy atom. The second-order valence-electron chi connectivity index (χ2n) is 3.94. The molecule has 0 aliphatic rings. The molecule has 3 rings (SSSR count). The van der Waals surface area contributed by atoms with Crippen LogP contribution in [0, 0.1) is 16.1 Å². The Morgan fingerprint density at radius 3 is 2.95 bits per heavy atom.